The Morgan fingerprint density at radius 1 is 1.10 bits per heavy atom. The number of phenols is 1. The normalized spacial score (nSPS) is 19.2. The highest BCUT2D eigenvalue weighted by Gasteiger charge is 2.52. The Labute approximate surface area is 121 Å². The highest BCUT2D eigenvalue weighted by molar-refractivity contribution is 6.63. The molecule has 5 heteroatoms. The number of hydrogen-bond donors (Lipinski definition) is 1. The number of hydrogen-bond acceptors (Lipinski definition) is 4. The van der Waals surface area contributed by atoms with E-state index in [1.165, 1.54) is 12.1 Å². The first kappa shape index (κ1) is 16.7. The summed E-state index contributed by atoms with van der Waals surface area (Å²) in [6.07, 6.45) is 0.736. The van der Waals surface area contributed by atoms with Crippen molar-refractivity contribution in [3.05, 3.63) is 23.8 Å². The average Bonchev–Trinajstić information content (AvgIpc) is 2.61. The van der Waals surface area contributed by atoms with Crippen molar-refractivity contribution in [2.45, 2.75) is 52.7 Å². The van der Waals surface area contributed by atoms with Gasteiger partial charge in [-0.15, -0.1) is 0 Å². The number of aromatic hydroxyl groups is 1. The first-order valence-electron chi connectivity index (χ1n) is 6.90. The Kier molecular flexibility index (Phi) is 5.00. The van der Waals surface area contributed by atoms with E-state index < -0.39 is 18.3 Å². The monoisotopic (exact) mass is 278 g/mol. The van der Waals surface area contributed by atoms with Crippen LogP contribution in [0.15, 0.2) is 18.2 Å². The highest BCUT2D eigenvalue weighted by Crippen LogP contribution is 2.36. The van der Waals surface area contributed by atoms with Crippen molar-refractivity contribution in [2.24, 2.45) is 0 Å². The molecule has 0 spiro atoms. The van der Waals surface area contributed by atoms with Gasteiger partial charge in [-0.2, -0.15) is 0 Å². The molecule has 0 unspecified atom stereocenters. The van der Waals surface area contributed by atoms with E-state index in [4.69, 9.17) is 9.31 Å². The van der Waals surface area contributed by atoms with E-state index in [1.54, 1.807) is 6.07 Å². The van der Waals surface area contributed by atoms with E-state index in [0.29, 0.717) is 11.0 Å². The van der Waals surface area contributed by atoms with Crippen molar-refractivity contribution < 1.29 is 19.2 Å². The second-order valence-electron chi connectivity index (χ2n) is 5.52. The lowest BCUT2D eigenvalue weighted by Gasteiger charge is -2.32. The fourth-order valence-corrected chi connectivity index (χ4v) is 1.84. The molecule has 1 N–H and O–H groups in total. The molecule has 0 aromatic heterocycles. The van der Waals surface area contributed by atoms with Gasteiger partial charge in [0.25, 0.3) is 0 Å². The van der Waals surface area contributed by atoms with Crippen molar-refractivity contribution in [3.63, 3.8) is 0 Å². The summed E-state index contributed by atoms with van der Waals surface area (Å²) >= 11 is 0. The standard InChI is InChI=1S/C13H17BO4.C2H6/c1-12(2)13(3,4)18-14(17-12)11-7-10(16)6-5-9(11)8-15;1-2/h5-8,16H,1-4H3;1-2H3. The van der Waals surface area contributed by atoms with Gasteiger partial charge in [0.15, 0.2) is 0 Å². The van der Waals surface area contributed by atoms with Crippen LogP contribution in [-0.4, -0.2) is 29.7 Å². The predicted molar refractivity (Wildman–Crippen MR) is 80.6 cm³/mol. The van der Waals surface area contributed by atoms with E-state index in [1.807, 2.05) is 41.5 Å². The van der Waals surface area contributed by atoms with Crippen LogP contribution in [0, 0.1) is 0 Å². The first-order chi connectivity index (χ1) is 9.27. The summed E-state index contributed by atoms with van der Waals surface area (Å²) < 4.78 is 11.7. The molecule has 1 aromatic carbocycles. The van der Waals surface area contributed by atoms with E-state index in [9.17, 15) is 9.90 Å². The van der Waals surface area contributed by atoms with Gasteiger partial charge >= 0.3 is 7.12 Å². The zero-order valence-corrected chi connectivity index (χ0v) is 13.1. The molecule has 1 heterocycles. The van der Waals surface area contributed by atoms with Crippen molar-refractivity contribution in [1.29, 1.82) is 0 Å². The Bertz CT molecular complexity index is 467. The molecular formula is C15H23BO4. The minimum Gasteiger partial charge on any atom is -0.508 e. The molecule has 0 bridgehead atoms. The van der Waals surface area contributed by atoms with Crippen LogP contribution in [-0.2, 0) is 9.31 Å². The summed E-state index contributed by atoms with van der Waals surface area (Å²) in [5, 5.41) is 9.53. The maximum absolute atomic E-state index is 11.0. The molecule has 0 amide bonds. The molecule has 0 saturated carbocycles. The largest absolute Gasteiger partial charge is 0.508 e. The number of benzene rings is 1. The molecule has 110 valence electrons. The van der Waals surface area contributed by atoms with Crippen LogP contribution in [0.4, 0.5) is 0 Å². The molecule has 0 atom stereocenters. The molecule has 1 aliphatic rings. The Hall–Kier alpha value is -1.33. The molecule has 4 nitrogen and oxygen atoms in total. The Balaban J connectivity index is 0.000000956. The maximum atomic E-state index is 11.0. The van der Waals surface area contributed by atoms with Crippen molar-refractivity contribution in [1.82, 2.24) is 0 Å². The van der Waals surface area contributed by atoms with Gasteiger partial charge in [0.2, 0.25) is 0 Å². The predicted octanol–water partition coefficient (Wildman–Crippen LogP) is 2.53. The van der Waals surface area contributed by atoms with Crippen LogP contribution in [0.1, 0.15) is 51.9 Å². The topological polar surface area (TPSA) is 55.8 Å². The fraction of sp³-hybridized carbons (Fsp3) is 0.533. The number of phenolic OH excluding ortho intramolecular Hbond substituents is 1. The van der Waals surface area contributed by atoms with Crippen molar-refractivity contribution >= 4 is 18.9 Å². The fourth-order valence-electron chi connectivity index (χ4n) is 1.84. The molecule has 1 saturated heterocycles. The SMILES string of the molecule is CC.CC1(C)OB(c2cc(O)ccc2C=O)OC1(C)C. The van der Waals surface area contributed by atoms with Gasteiger partial charge < -0.3 is 14.4 Å². The van der Waals surface area contributed by atoms with Crippen molar-refractivity contribution in [3.8, 4) is 5.75 Å². The van der Waals surface area contributed by atoms with Gasteiger partial charge in [-0.1, -0.05) is 13.8 Å². The van der Waals surface area contributed by atoms with Crippen molar-refractivity contribution in [2.75, 3.05) is 0 Å². The number of carbonyl (C=O) groups excluding carboxylic acids is 1. The van der Waals surface area contributed by atoms with E-state index >= 15 is 0 Å². The highest BCUT2D eigenvalue weighted by atomic mass is 16.7. The minimum atomic E-state index is -0.637. The van der Waals surface area contributed by atoms with E-state index in [0.717, 1.165) is 6.29 Å². The molecule has 20 heavy (non-hydrogen) atoms. The zero-order valence-electron chi connectivity index (χ0n) is 13.1. The third-order valence-electron chi connectivity index (χ3n) is 3.70. The summed E-state index contributed by atoms with van der Waals surface area (Å²) in [5.41, 5.74) is 0.0852. The van der Waals surface area contributed by atoms with Gasteiger partial charge in [-0.25, -0.2) is 0 Å². The smallest absolute Gasteiger partial charge is 0.495 e. The lowest BCUT2D eigenvalue weighted by Crippen LogP contribution is -2.41. The third kappa shape index (κ3) is 3.05. The minimum absolute atomic E-state index is 0.0883. The van der Waals surface area contributed by atoms with Gasteiger partial charge in [-0.05, 0) is 51.4 Å². The number of aldehydes is 1. The zero-order chi connectivity index (χ0) is 15.6. The van der Waals surface area contributed by atoms with Crippen LogP contribution >= 0.6 is 0 Å². The molecule has 1 aliphatic heterocycles. The van der Waals surface area contributed by atoms with Crippen LogP contribution < -0.4 is 5.46 Å². The summed E-state index contributed by atoms with van der Waals surface area (Å²) in [6.45, 7) is 11.8. The maximum Gasteiger partial charge on any atom is 0.495 e. The third-order valence-corrected chi connectivity index (χ3v) is 3.70. The lowest BCUT2D eigenvalue weighted by molar-refractivity contribution is 0.00578. The van der Waals surface area contributed by atoms with Gasteiger partial charge in [-0.3, -0.25) is 4.79 Å². The second kappa shape index (κ2) is 5.98. The first-order valence-corrected chi connectivity index (χ1v) is 6.90. The van der Waals surface area contributed by atoms with E-state index in [-0.39, 0.29) is 5.75 Å². The molecule has 1 fully saturated rings. The van der Waals surface area contributed by atoms with Gasteiger partial charge in [0, 0.05) is 5.56 Å². The lowest BCUT2D eigenvalue weighted by atomic mass is 9.76. The second-order valence-corrected chi connectivity index (χ2v) is 5.52. The van der Waals surface area contributed by atoms with Gasteiger partial charge in [0.1, 0.15) is 12.0 Å². The number of carbonyl (C=O) groups is 1. The summed E-state index contributed by atoms with van der Waals surface area (Å²) in [6, 6.07) is 4.53. The Morgan fingerprint density at radius 2 is 1.60 bits per heavy atom. The van der Waals surface area contributed by atoms with Gasteiger partial charge in [0.05, 0.1) is 11.2 Å². The average molecular weight is 278 g/mol. The Morgan fingerprint density at radius 3 is 2.05 bits per heavy atom. The molecule has 0 radical (unpaired) electrons. The van der Waals surface area contributed by atoms with Crippen LogP contribution in [0.5, 0.6) is 5.75 Å². The summed E-state index contributed by atoms with van der Waals surface area (Å²) in [5.74, 6) is 0.0883. The molecular weight excluding hydrogens is 255 g/mol. The van der Waals surface area contributed by atoms with Crippen LogP contribution in [0.3, 0.4) is 0 Å². The molecule has 0 aliphatic carbocycles. The van der Waals surface area contributed by atoms with Crippen LogP contribution in [0.25, 0.3) is 0 Å². The summed E-state index contributed by atoms with van der Waals surface area (Å²) in [7, 11) is -0.637. The van der Waals surface area contributed by atoms with Crippen LogP contribution in [0.2, 0.25) is 0 Å². The quantitative estimate of drug-likeness (QED) is 0.667. The number of rotatable bonds is 2. The summed E-state index contributed by atoms with van der Waals surface area (Å²) in [4.78, 5) is 11.0. The molecule has 1 aromatic rings. The molecule has 2 rings (SSSR count). The van der Waals surface area contributed by atoms with E-state index in [2.05, 4.69) is 0 Å².